The van der Waals surface area contributed by atoms with Crippen molar-refractivity contribution in [3.63, 3.8) is 0 Å². The van der Waals surface area contributed by atoms with Crippen LogP contribution in [0.5, 0.6) is 0 Å². The first-order chi connectivity index (χ1) is 13.4. The standard InChI is InChI=1S/C19H16FN3O5/c1-11(17(25)21-15-9-5-4-8-14(15)20)28-16(24)10-23-19(27)13-7-3-2-6-12(13)18(26)22-23/h2-9,11H,10H2,1H3,(H,21,25)(H,22,26)/t11-/m1/s1. The Kier molecular flexibility index (Phi) is 5.35. The number of anilines is 1. The van der Waals surface area contributed by atoms with Crippen LogP contribution in [0.2, 0.25) is 0 Å². The number of halogens is 1. The van der Waals surface area contributed by atoms with Crippen molar-refractivity contribution in [2.45, 2.75) is 19.6 Å². The number of amides is 1. The van der Waals surface area contributed by atoms with Gasteiger partial charge in [-0.3, -0.25) is 24.3 Å². The number of para-hydroxylation sites is 1. The molecule has 1 aromatic heterocycles. The second kappa shape index (κ2) is 7.87. The van der Waals surface area contributed by atoms with Crippen molar-refractivity contribution >= 4 is 28.3 Å². The van der Waals surface area contributed by atoms with Gasteiger partial charge in [-0.25, -0.2) is 9.07 Å². The van der Waals surface area contributed by atoms with Crippen molar-refractivity contribution in [2.24, 2.45) is 0 Å². The van der Waals surface area contributed by atoms with Crippen LogP contribution in [0.1, 0.15) is 6.92 Å². The molecule has 1 atom stereocenters. The smallest absolute Gasteiger partial charge is 0.328 e. The number of rotatable bonds is 5. The molecule has 0 unspecified atom stereocenters. The molecule has 3 rings (SSSR count). The van der Waals surface area contributed by atoms with Gasteiger partial charge in [0.05, 0.1) is 16.5 Å². The average molecular weight is 385 g/mol. The fraction of sp³-hybridized carbons (Fsp3) is 0.158. The third-order valence-electron chi connectivity index (χ3n) is 3.98. The molecular weight excluding hydrogens is 369 g/mol. The molecule has 0 saturated heterocycles. The Labute approximate surface area is 157 Å². The molecule has 0 aliphatic heterocycles. The van der Waals surface area contributed by atoms with E-state index in [1.54, 1.807) is 12.1 Å². The summed E-state index contributed by atoms with van der Waals surface area (Å²) >= 11 is 0. The highest BCUT2D eigenvalue weighted by molar-refractivity contribution is 5.95. The Morgan fingerprint density at radius 1 is 1.11 bits per heavy atom. The maximum atomic E-state index is 13.6. The number of ether oxygens (including phenoxy) is 1. The topological polar surface area (TPSA) is 110 Å². The van der Waals surface area contributed by atoms with Crippen LogP contribution in [-0.4, -0.2) is 27.8 Å². The van der Waals surface area contributed by atoms with Crippen LogP contribution in [0.25, 0.3) is 10.8 Å². The molecule has 0 saturated carbocycles. The quantitative estimate of drug-likeness (QED) is 0.645. The summed E-state index contributed by atoms with van der Waals surface area (Å²) in [5.74, 6) is -2.28. The summed E-state index contributed by atoms with van der Waals surface area (Å²) in [6.45, 7) is 0.718. The van der Waals surface area contributed by atoms with Crippen LogP contribution in [0, 0.1) is 5.82 Å². The van der Waals surface area contributed by atoms with E-state index in [9.17, 15) is 23.6 Å². The van der Waals surface area contributed by atoms with Gasteiger partial charge >= 0.3 is 5.97 Å². The summed E-state index contributed by atoms with van der Waals surface area (Å²) in [7, 11) is 0. The van der Waals surface area contributed by atoms with E-state index in [0.717, 1.165) is 4.68 Å². The first kappa shape index (κ1) is 19.0. The number of esters is 1. The van der Waals surface area contributed by atoms with E-state index in [1.165, 1.54) is 43.3 Å². The summed E-state index contributed by atoms with van der Waals surface area (Å²) in [5.41, 5.74) is -1.16. The van der Waals surface area contributed by atoms with Crippen molar-refractivity contribution in [1.82, 2.24) is 9.78 Å². The first-order valence-corrected chi connectivity index (χ1v) is 8.33. The van der Waals surface area contributed by atoms with Gasteiger partial charge in [0.25, 0.3) is 17.0 Å². The van der Waals surface area contributed by atoms with Crippen LogP contribution < -0.4 is 16.4 Å². The number of hydrogen-bond acceptors (Lipinski definition) is 5. The molecule has 3 aromatic rings. The van der Waals surface area contributed by atoms with Crippen molar-refractivity contribution in [3.05, 3.63) is 75.1 Å². The molecule has 9 heteroatoms. The normalized spacial score (nSPS) is 11.8. The lowest BCUT2D eigenvalue weighted by molar-refractivity contribution is -0.154. The van der Waals surface area contributed by atoms with E-state index in [0.29, 0.717) is 0 Å². The van der Waals surface area contributed by atoms with E-state index in [2.05, 4.69) is 10.4 Å². The number of carbonyl (C=O) groups is 2. The van der Waals surface area contributed by atoms with E-state index in [-0.39, 0.29) is 16.5 Å². The maximum Gasteiger partial charge on any atom is 0.328 e. The number of aromatic nitrogens is 2. The number of H-pyrrole nitrogens is 1. The minimum Gasteiger partial charge on any atom is -0.451 e. The average Bonchev–Trinajstić information content (AvgIpc) is 2.67. The van der Waals surface area contributed by atoms with Crippen molar-refractivity contribution in [2.75, 3.05) is 5.32 Å². The van der Waals surface area contributed by atoms with Crippen LogP contribution >= 0.6 is 0 Å². The molecule has 0 aliphatic carbocycles. The monoisotopic (exact) mass is 385 g/mol. The Bertz CT molecular complexity index is 1170. The predicted molar refractivity (Wildman–Crippen MR) is 99.4 cm³/mol. The molecule has 144 valence electrons. The van der Waals surface area contributed by atoms with Crippen LogP contribution in [0.15, 0.2) is 58.1 Å². The lowest BCUT2D eigenvalue weighted by atomic mass is 10.2. The van der Waals surface area contributed by atoms with Gasteiger partial charge in [-0.05, 0) is 31.2 Å². The van der Waals surface area contributed by atoms with Gasteiger partial charge in [-0.1, -0.05) is 24.3 Å². The summed E-state index contributed by atoms with van der Waals surface area (Å²) in [6.07, 6.45) is -1.24. The molecule has 1 heterocycles. The van der Waals surface area contributed by atoms with E-state index < -0.39 is 41.5 Å². The summed E-state index contributed by atoms with van der Waals surface area (Å²) in [6, 6.07) is 11.7. The summed E-state index contributed by atoms with van der Waals surface area (Å²) in [5, 5.41) is 4.96. The molecular formula is C19H16FN3O5. The molecule has 0 aliphatic rings. The maximum absolute atomic E-state index is 13.6. The lowest BCUT2D eigenvalue weighted by Crippen LogP contribution is -2.36. The molecule has 2 aromatic carbocycles. The number of carbonyl (C=O) groups excluding carboxylic acids is 2. The number of hydrogen-bond donors (Lipinski definition) is 2. The number of aromatic amines is 1. The highest BCUT2D eigenvalue weighted by atomic mass is 19.1. The van der Waals surface area contributed by atoms with Crippen LogP contribution in [0.3, 0.4) is 0 Å². The molecule has 0 fully saturated rings. The number of nitrogens with one attached hydrogen (secondary N) is 2. The van der Waals surface area contributed by atoms with Crippen LogP contribution in [-0.2, 0) is 20.9 Å². The molecule has 1 amide bonds. The third-order valence-corrected chi connectivity index (χ3v) is 3.98. The molecule has 0 bridgehead atoms. The van der Waals surface area contributed by atoms with Gasteiger partial charge in [-0.15, -0.1) is 0 Å². The Hall–Kier alpha value is -3.75. The number of fused-ring (bicyclic) bond motifs is 1. The highest BCUT2D eigenvalue weighted by Gasteiger charge is 2.20. The molecule has 2 N–H and O–H groups in total. The zero-order valence-electron chi connectivity index (χ0n) is 14.8. The van der Waals surface area contributed by atoms with Crippen LogP contribution in [0.4, 0.5) is 10.1 Å². The predicted octanol–water partition coefficient (Wildman–Crippen LogP) is 1.40. The Morgan fingerprint density at radius 2 is 1.75 bits per heavy atom. The Morgan fingerprint density at radius 3 is 2.46 bits per heavy atom. The fourth-order valence-electron chi connectivity index (χ4n) is 2.57. The minimum atomic E-state index is -1.24. The van der Waals surface area contributed by atoms with Gasteiger partial charge in [0, 0.05) is 0 Å². The van der Waals surface area contributed by atoms with E-state index in [1.807, 2.05) is 0 Å². The van der Waals surface area contributed by atoms with E-state index >= 15 is 0 Å². The fourth-order valence-corrected chi connectivity index (χ4v) is 2.57. The zero-order chi connectivity index (χ0) is 20.3. The van der Waals surface area contributed by atoms with Crippen molar-refractivity contribution in [3.8, 4) is 0 Å². The summed E-state index contributed by atoms with van der Waals surface area (Å²) in [4.78, 5) is 48.6. The Balaban J connectivity index is 1.70. The second-order valence-corrected chi connectivity index (χ2v) is 5.98. The van der Waals surface area contributed by atoms with Crippen molar-refractivity contribution < 1.29 is 18.7 Å². The highest BCUT2D eigenvalue weighted by Crippen LogP contribution is 2.13. The molecule has 0 spiro atoms. The second-order valence-electron chi connectivity index (χ2n) is 5.98. The van der Waals surface area contributed by atoms with Gasteiger partial charge in [0.15, 0.2) is 6.10 Å². The molecule has 0 radical (unpaired) electrons. The zero-order valence-corrected chi connectivity index (χ0v) is 14.8. The van der Waals surface area contributed by atoms with Gasteiger partial charge in [0.1, 0.15) is 12.4 Å². The number of benzene rings is 2. The summed E-state index contributed by atoms with van der Waals surface area (Å²) < 4.78 is 19.4. The van der Waals surface area contributed by atoms with Gasteiger partial charge < -0.3 is 10.1 Å². The molecule has 28 heavy (non-hydrogen) atoms. The van der Waals surface area contributed by atoms with E-state index in [4.69, 9.17) is 4.74 Å². The SMILES string of the molecule is C[C@@H](OC(=O)Cn1[nH]c(=O)c2ccccc2c1=O)C(=O)Nc1ccccc1F. The third kappa shape index (κ3) is 3.98. The first-order valence-electron chi connectivity index (χ1n) is 8.33. The number of nitrogens with zero attached hydrogens (tertiary/aromatic N) is 1. The van der Waals surface area contributed by atoms with Crippen molar-refractivity contribution in [1.29, 1.82) is 0 Å². The molecule has 8 nitrogen and oxygen atoms in total. The minimum absolute atomic E-state index is 0.0505. The lowest BCUT2D eigenvalue weighted by Gasteiger charge is -2.14. The van der Waals surface area contributed by atoms with Gasteiger partial charge in [-0.2, -0.15) is 0 Å². The van der Waals surface area contributed by atoms with Gasteiger partial charge in [0.2, 0.25) is 0 Å². The largest absolute Gasteiger partial charge is 0.451 e.